The fraction of sp³-hybridized carbons (Fsp3) is 0.238. The Kier molecular flexibility index (Phi) is 4.40. The first kappa shape index (κ1) is 17.6. The zero-order valence-corrected chi connectivity index (χ0v) is 15.4. The van der Waals surface area contributed by atoms with Gasteiger partial charge in [0.15, 0.2) is 0 Å². The van der Waals surface area contributed by atoms with Crippen molar-refractivity contribution in [2.45, 2.75) is 18.4 Å². The van der Waals surface area contributed by atoms with Crippen molar-refractivity contribution in [3.63, 3.8) is 0 Å². The first-order chi connectivity index (χ1) is 13.0. The van der Waals surface area contributed by atoms with E-state index in [1.165, 1.54) is 13.2 Å². The van der Waals surface area contributed by atoms with Gasteiger partial charge in [0, 0.05) is 5.92 Å². The third-order valence-electron chi connectivity index (χ3n) is 5.36. The van der Waals surface area contributed by atoms with Crippen LogP contribution in [0, 0.1) is 5.92 Å². The predicted molar refractivity (Wildman–Crippen MR) is 103 cm³/mol. The van der Waals surface area contributed by atoms with Crippen LogP contribution in [0.1, 0.15) is 50.2 Å². The second-order valence-corrected chi connectivity index (χ2v) is 7.22. The number of aromatic carboxylic acids is 1. The SMILES string of the molecule is COC(=O)c1ccc([C@@H]2Nc3c(Cl)cc(C(=O)O)cc3[C@@H]3C=CC[C@@H]32)cc1. The molecule has 0 aromatic heterocycles. The number of benzene rings is 2. The fourth-order valence-electron chi connectivity index (χ4n) is 4.05. The molecule has 0 amide bonds. The number of carboxylic acids is 1. The van der Waals surface area contributed by atoms with E-state index in [9.17, 15) is 14.7 Å². The number of methoxy groups -OCH3 is 1. The van der Waals surface area contributed by atoms with Crippen LogP contribution in [0.3, 0.4) is 0 Å². The number of rotatable bonds is 3. The Hall–Kier alpha value is -2.79. The third-order valence-corrected chi connectivity index (χ3v) is 5.66. The molecule has 1 heterocycles. The van der Waals surface area contributed by atoms with E-state index in [1.54, 1.807) is 18.2 Å². The van der Waals surface area contributed by atoms with Gasteiger partial charge in [-0.1, -0.05) is 35.9 Å². The summed E-state index contributed by atoms with van der Waals surface area (Å²) < 4.78 is 4.75. The fourth-order valence-corrected chi connectivity index (χ4v) is 4.33. The van der Waals surface area contributed by atoms with Crippen molar-refractivity contribution in [1.29, 1.82) is 0 Å². The van der Waals surface area contributed by atoms with Crippen LogP contribution < -0.4 is 5.32 Å². The highest BCUT2D eigenvalue weighted by Gasteiger charge is 2.39. The van der Waals surface area contributed by atoms with E-state index in [-0.39, 0.29) is 29.4 Å². The molecule has 3 atom stereocenters. The van der Waals surface area contributed by atoms with Crippen molar-refractivity contribution in [1.82, 2.24) is 0 Å². The number of carboxylic acid groups (broad SMARTS) is 1. The molecular formula is C21H18ClNO4. The highest BCUT2D eigenvalue weighted by molar-refractivity contribution is 6.33. The number of nitrogens with one attached hydrogen (secondary N) is 1. The molecule has 2 aromatic carbocycles. The maximum Gasteiger partial charge on any atom is 0.337 e. The van der Waals surface area contributed by atoms with Crippen LogP contribution in [0.2, 0.25) is 5.02 Å². The van der Waals surface area contributed by atoms with Crippen molar-refractivity contribution in [3.8, 4) is 0 Å². The minimum Gasteiger partial charge on any atom is -0.478 e. The Morgan fingerprint density at radius 2 is 1.93 bits per heavy atom. The first-order valence-electron chi connectivity index (χ1n) is 8.68. The highest BCUT2D eigenvalue weighted by atomic mass is 35.5. The molecule has 6 heteroatoms. The Morgan fingerprint density at radius 3 is 2.59 bits per heavy atom. The van der Waals surface area contributed by atoms with E-state index in [0.717, 1.165) is 23.2 Å². The van der Waals surface area contributed by atoms with E-state index in [1.807, 2.05) is 12.1 Å². The minimum absolute atomic E-state index is 0.0115. The van der Waals surface area contributed by atoms with Crippen molar-refractivity contribution in [2.75, 3.05) is 12.4 Å². The summed E-state index contributed by atoms with van der Waals surface area (Å²) in [7, 11) is 1.36. The zero-order chi connectivity index (χ0) is 19.1. The van der Waals surface area contributed by atoms with Crippen molar-refractivity contribution in [3.05, 3.63) is 75.8 Å². The maximum absolute atomic E-state index is 11.7. The lowest BCUT2D eigenvalue weighted by atomic mass is 9.76. The summed E-state index contributed by atoms with van der Waals surface area (Å²) >= 11 is 6.41. The molecule has 1 aliphatic carbocycles. The molecule has 4 rings (SSSR count). The monoisotopic (exact) mass is 383 g/mol. The maximum atomic E-state index is 11.7. The lowest BCUT2D eigenvalue weighted by molar-refractivity contribution is 0.0599. The van der Waals surface area contributed by atoms with Crippen molar-refractivity contribution < 1.29 is 19.4 Å². The topological polar surface area (TPSA) is 75.6 Å². The summed E-state index contributed by atoms with van der Waals surface area (Å²) in [4.78, 5) is 23.1. The molecule has 138 valence electrons. The Balaban J connectivity index is 1.74. The van der Waals surface area contributed by atoms with Crippen LogP contribution in [0.15, 0.2) is 48.6 Å². The number of hydrogen-bond donors (Lipinski definition) is 2. The van der Waals surface area contributed by atoms with Gasteiger partial charge in [0.1, 0.15) is 0 Å². The summed E-state index contributed by atoms with van der Waals surface area (Å²) in [6.07, 6.45) is 5.14. The second kappa shape index (κ2) is 6.74. The number of ether oxygens (including phenoxy) is 1. The summed E-state index contributed by atoms with van der Waals surface area (Å²) in [5.41, 5.74) is 3.44. The molecule has 1 aliphatic heterocycles. The molecular weight excluding hydrogens is 366 g/mol. The van der Waals surface area contributed by atoms with E-state index in [2.05, 4.69) is 17.5 Å². The third kappa shape index (κ3) is 2.98. The molecule has 0 fully saturated rings. The standard InChI is InChI=1S/C21H18ClNO4/c1-27-21(26)12-7-5-11(6-8-12)18-15-4-2-3-14(15)16-9-13(20(24)25)10-17(22)19(16)23-18/h2-3,5-10,14-15,18,23H,4H2,1H3,(H,24,25)/t14-,15+,18+/m1/s1. The van der Waals surface area contributed by atoms with Crippen LogP contribution in [-0.2, 0) is 4.74 Å². The Bertz CT molecular complexity index is 951. The van der Waals surface area contributed by atoms with Crippen LogP contribution in [0.25, 0.3) is 0 Å². The molecule has 5 nitrogen and oxygen atoms in total. The van der Waals surface area contributed by atoms with Gasteiger partial charge in [0.2, 0.25) is 0 Å². The quantitative estimate of drug-likeness (QED) is 0.596. The largest absolute Gasteiger partial charge is 0.478 e. The summed E-state index contributed by atoms with van der Waals surface area (Å²) in [6.45, 7) is 0. The predicted octanol–water partition coefficient (Wildman–Crippen LogP) is 4.65. The molecule has 2 aliphatic rings. The molecule has 0 saturated heterocycles. The van der Waals surface area contributed by atoms with Crippen LogP contribution >= 0.6 is 11.6 Å². The number of hydrogen-bond acceptors (Lipinski definition) is 4. The van der Waals surface area contributed by atoms with E-state index in [0.29, 0.717) is 10.6 Å². The average molecular weight is 384 g/mol. The smallest absolute Gasteiger partial charge is 0.337 e. The van der Waals surface area contributed by atoms with E-state index >= 15 is 0 Å². The molecule has 0 bridgehead atoms. The van der Waals surface area contributed by atoms with E-state index < -0.39 is 5.97 Å². The number of halogens is 1. The van der Waals surface area contributed by atoms with Gasteiger partial charge < -0.3 is 15.2 Å². The highest BCUT2D eigenvalue weighted by Crippen LogP contribution is 2.51. The number of esters is 1. The van der Waals surface area contributed by atoms with Crippen LogP contribution in [-0.4, -0.2) is 24.2 Å². The van der Waals surface area contributed by atoms with E-state index in [4.69, 9.17) is 16.3 Å². The first-order valence-corrected chi connectivity index (χ1v) is 9.05. The molecule has 27 heavy (non-hydrogen) atoms. The number of carbonyl (C=O) groups excluding carboxylic acids is 1. The minimum atomic E-state index is -0.987. The zero-order valence-electron chi connectivity index (χ0n) is 14.6. The lowest BCUT2D eigenvalue weighted by Gasteiger charge is -2.38. The molecule has 0 radical (unpaired) electrons. The summed E-state index contributed by atoms with van der Waals surface area (Å²) in [5, 5.41) is 13.2. The number of anilines is 1. The average Bonchev–Trinajstić information content (AvgIpc) is 3.17. The summed E-state index contributed by atoms with van der Waals surface area (Å²) in [6, 6.07) is 10.5. The summed E-state index contributed by atoms with van der Waals surface area (Å²) in [5.74, 6) is -1.00. The number of carbonyl (C=O) groups is 2. The van der Waals surface area contributed by atoms with Gasteiger partial charge >= 0.3 is 11.9 Å². The van der Waals surface area contributed by atoms with Gasteiger partial charge in [-0.2, -0.15) is 0 Å². The van der Waals surface area contributed by atoms with Gasteiger partial charge in [0.05, 0.1) is 35.0 Å². The number of fused-ring (bicyclic) bond motifs is 3. The van der Waals surface area contributed by atoms with Gasteiger partial charge in [0.25, 0.3) is 0 Å². The van der Waals surface area contributed by atoms with Crippen molar-refractivity contribution in [2.24, 2.45) is 5.92 Å². The van der Waals surface area contributed by atoms with Gasteiger partial charge in [-0.05, 0) is 47.7 Å². The van der Waals surface area contributed by atoms with Gasteiger partial charge in [-0.3, -0.25) is 0 Å². The molecule has 0 saturated carbocycles. The number of allylic oxidation sites excluding steroid dienone is 2. The Morgan fingerprint density at radius 1 is 1.19 bits per heavy atom. The molecule has 0 unspecified atom stereocenters. The van der Waals surface area contributed by atoms with Crippen LogP contribution in [0.5, 0.6) is 0 Å². The lowest BCUT2D eigenvalue weighted by Crippen LogP contribution is -2.29. The second-order valence-electron chi connectivity index (χ2n) is 6.82. The van der Waals surface area contributed by atoms with Gasteiger partial charge in [-0.25, -0.2) is 9.59 Å². The normalized spacial score (nSPS) is 22.5. The molecule has 0 spiro atoms. The van der Waals surface area contributed by atoms with Crippen LogP contribution in [0.4, 0.5) is 5.69 Å². The van der Waals surface area contributed by atoms with Gasteiger partial charge in [-0.15, -0.1) is 0 Å². The van der Waals surface area contributed by atoms with Crippen molar-refractivity contribution >= 4 is 29.2 Å². The molecule has 2 aromatic rings. The molecule has 2 N–H and O–H groups in total. The Labute approximate surface area is 161 Å².